The molecule has 1 aromatic carbocycles. The second-order valence-electron chi connectivity index (χ2n) is 5.09. The average molecular weight is 300 g/mol. The first-order valence-corrected chi connectivity index (χ1v) is 6.95. The van der Waals surface area contributed by atoms with E-state index in [4.69, 9.17) is 4.74 Å². The number of hydrogen-bond donors (Lipinski definition) is 2. The van der Waals surface area contributed by atoms with Crippen LogP contribution in [0.1, 0.15) is 18.5 Å². The van der Waals surface area contributed by atoms with Crippen molar-refractivity contribution < 1.29 is 14.3 Å². The normalized spacial score (nSPS) is 14.5. The van der Waals surface area contributed by atoms with Gasteiger partial charge in [-0.25, -0.2) is 0 Å². The number of amides is 2. The van der Waals surface area contributed by atoms with Gasteiger partial charge in [0.05, 0.1) is 11.7 Å². The van der Waals surface area contributed by atoms with Crippen molar-refractivity contribution in [2.75, 3.05) is 11.9 Å². The highest BCUT2D eigenvalue weighted by Crippen LogP contribution is 2.30. The molecule has 0 radical (unpaired) electrons. The third-order valence-electron chi connectivity index (χ3n) is 3.38. The number of anilines is 1. The second-order valence-corrected chi connectivity index (χ2v) is 5.09. The van der Waals surface area contributed by atoms with Gasteiger partial charge in [-0.15, -0.1) is 0 Å². The zero-order valence-corrected chi connectivity index (χ0v) is 12.1. The minimum absolute atomic E-state index is 0.0303. The number of ether oxygens (including phenoxy) is 1. The molecule has 2 aromatic rings. The minimum Gasteiger partial charge on any atom is -0.482 e. The summed E-state index contributed by atoms with van der Waals surface area (Å²) in [7, 11) is 0. The van der Waals surface area contributed by atoms with Crippen LogP contribution in [0.5, 0.6) is 5.75 Å². The van der Waals surface area contributed by atoms with Gasteiger partial charge < -0.3 is 15.4 Å². The Morgan fingerprint density at radius 2 is 2.41 bits per heavy atom. The number of nitrogens with one attached hydrogen (secondary N) is 2. The molecule has 1 atom stereocenters. The molecule has 7 nitrogen and oxygen atoms in total. The van der Waals surface area contributed by atoms with Gasteiger partial charge in [0, 0.05) is 12.4 Å². The van der Waals surface area contributed by atoms with Gasteiger partial charge >= 0.3 is 0 Å². The number of aromatic nitrogens is 2. The molecular weight excluding hydrogens is 284 g/mol. The molecule has 22 heavy (non-hydrogen) atoms. The zero-order chi connectivity index (χ0) is 15.5. The van der Waals surface area contributed by atoms with Gasteiger partial charge in [0.25, 0.3) is 5.91 Å². The maximum absolute atomic E-state index is 12.0. The van der Waals surface area contributed by atoms with Crippen LogP contribution in [0.3, 0.4) is 0 Å². The molecule has 0 spiro atoms. The van der Waals surface area contributed by atoms with Crippen LogP contribution < -0.4 is 15.4 Å². The summed E-state index contributed by atoms with van der Waals surface area (Å²) in [6.07, 6.45) is 3.36. The first-order valence-electron chi connectivity index (χ1n) is 6.95. The second kappa shape index (κ2) is 5.88. The highest BCUT2D eigenvalue weighted by Gasteiger charge is 2.18. The van der Waals surface area contributed by atoms with Crippen molar-refractivity contribution in [3.63, 3.8) is 0 Å². The van der Waals surface area contributed by atoms with E-state index >= 15 is 0 Å². The van der Waals surface area contributed by atoms with E-state index in [9.17, 15) is 9.59 Å². The van der Waals surface area contributed by atoms with Crippen LogP contribution >= 0.6 is 0 Å². The van der Waals surface area contributed by atoms with Gasteiger partial charge in [-0.2, -0.15) is 5.10 Å². The van der Waals surface area contributed by atoms with Gasteiger partial charge in [-0.05, 0) is 30.7 Å². The molecule has 114 valence electrons. The Balaban J connectivity index is 1.67. The van der Waals surface area contributed by atoms with Crippen molar-refractivity contribution in [1.29, 1.82) is 0 Å². The summed E-state index contributed by atoms with van der Waals surface area (Å²) in [5, 5.41) is 9.65. The number of rotatable bonds is 4. The van der Waals surface area contributed by atoms with E-state index in [1.54, 1.807) is 29.2 Å². The predicted octanol–water partition coefficient (Wildman–Crippen LogP) is 1.09. The van der Waals surface area contributed by atoms with Crippen LogP contribution in [0.2, 0.25) is 0 Å². The summed E-state index contributed by atoms with van der Waals surface area (Å²) in [4.78, 5) is 23.3. The molecule has 2 amide bonds. The lowest BCUT2D eigenvalue weighted by atomic mass is 10.1. The first-order chi connectivity index (χ1) is 10.6. The number of carbonyl (C=O) groups is 2. The summed E-state index contributed by atoms with van der Waals surface area (Å²) in [5.74, 6) is 0.327. The van der Waals surface area contributed by atoms with Crippen LogP contribution in [0, 0.1) is 0 Å². The maximum Gasteiger partial charge on any atom is 0.262 e. The third-order valence-corrected chi connectivity index (χ3v) is 3.38. The molecule has 1 aliphatic heterocycles. The van der Waals surface area contributed by atoms with Crippen LogP contribution in [0.4, 0.5) is 5.69 Å². The van der Waals surface area contributed by atoms with Gasteiger partial charge in [0.2, 0.25) is 5.91 Å². The van der Waals surface area contributed by atoms with Crippen LogP contribution in [-0.4, -0.2) is 28.2 Å². The molecule has 0 unspecified atom stereocenters. The standard InChI is InChI=1S/C15H16N4O3/c1-10(17-14(20)8-19-6-2-5-16-19)11-3-4-13-12(7-11)18-15(21)9-22-13/h2-7,10H,8-9H2,1H3,(H,17,20)(H,18,21)/t10-/m0/s1. The molecule has 0 saturated heterocycles. The number of hydrogen-bond acceptors (Lipinski definition) is 4. The zero-order valence-electron chi connectivity index (χ0n) is 12.1. The minimum atomic E-state index is -0.188. The summed E-state index contributed by atoms with van der Waals surface area (Å²) in [6.45, 7) is 2.08. The molecule has 2 heterocycles. The van der Waals surface area contributed by atoms with E-state index in [2.05, 4.69) is 15.7 Å². The molecule has 1 aliphatic rings. The quantitative estimate of drug-likeness (QED) is 0.885. The van der Waals surface area contributed by atoms with Crippen LogP contribution in [-0.2, 0) is 16.1 Å². The Bertz CT molecular complexity index is 697. The fraction of sp³-hybridized carbons (Fsp3) is 0.267. The molecule has 1 aromatic heterocycles. The Kier molecular flexibility index (Phi) is 3.78. The average Bonchev–Trinajstić information content (AvgIpc) is 2.99. The highest BCUT2D eigenvalue weighted by molar-refractivity contribution is 5.95. The van der Waals surface area contributed by atoms with Crippen molar-refractivity contribution in [1.82, 2.24) is 15.1 Å². The fourth-order valence-corrected chi connectivity index (χ4v) is 2.28. The molecular formula is C15H16N4O3. The molecule has 7 heteroatoms. The monoisotopic (exact) mass is 300 g/mol. The largest absolute Gasteiger partial charge is 0.482 e. The van der Waals surface area contributed by atoms with Crippen molar-refractivity contribution in [2.24, 2.45) is 0 Å². The van der Waals surface area contributed by atoms with Gasteiger partial charge in [0.1, 0.15) is 12.3 Å². The Hall–Kier alpha value is -2.83. The summed E-state index contributed by atoms with van der Waals surface area (Å²) in [5.41, 5.74) is 1.51. The number of benzene rings is 1. The Morgan fingerprint density at radius 1 is 1.55 bits per heavy atom. The van der Waals surface area contributed by atoms with E-state index in [0.29, 0.717) is 11.4 Å². The van der Waals surface area contributed by atoms with Crippen molar-refractivity contribution in [2.45, 2.75) is 19.5 Å². The molecule has 0 saturated carbocycles. The van der Waals surface area contributed by atoms with Crippen molar-refractivity contribution >= 4 is 17.5 Å². The molecule has 0 bridgehead atoms. The van der Waals surface area contributed by atoms with Gasteiger partial charge in [-0.3, -0.25) is 14.3 Å². The molecule has 0 fully saturated rings. The first kappa shape index (κ1) is 14.1. The number of fused-ring (bicyclic) bond motifs is 1. The molecule has 0 aliphatic carbocycles. The van der Waals surface area contributed by atoms with Crippen LogP contribution in [0.15, 0.2) is 36.7 Å². The smallest absolute Gasteiger partial charge is 0.262 e. The van der Waals surface area contributed by atoms with E-state index in [1.807, 2.05) is 19.1 Å². The lowest BCUT2D eigenvalue weighted by Gasteiger charge is -2.21. The van der Waals surface area contributed by atoms with Gasteiger partial charge in [0.15, 0.2) is 6.61 Å². The maximum atomic E-state index is 12.0. The van der Waals surface area contributed by atoms with E-state index in [1.165, 1.54) is 0 Å². The summed E-state index contributed by atoms with van der Waals surface area (Å²) >= 11 is 0. The Morgan fingerprint density at radius 3 is 3.18 bits per heavy atom. The molecule has 3 rings (SSSR count). The van der Waals surface area contributed by atoms with E-state index in [0.717, 1.165) is 5.56 Å². The van der Waals surface area contributed by atoms with Crippen LogP contribution in [0.25, 0.3) is 0 Å². The van der Waals surface area contributed by atoms with Crippen molar-refractivity contribution in [3.8, 4) is 5.75 Å². The summed E-state index contributed by atoms with van der Waals surface area (Å²) < 4.78 is 6.87. The lowest BCUT2D eigenvalue weighted by molar-refractivity contribution is -0.122. The number of nitrogens with zero attached hydrogens (tertiary/aromatic N) is 2. The summed E-state index contributed by atoms with van der Waals surface area (Å²) in [6, 6.07) is 7.05. The lowest BCUT2D eigenvalue weighted by Crippen LogP contribution is -2.30. The SMILES string of the molecule is C[C@H](NC(=O)Cn1cccn1)c1ccc2c(c1)NC(=O)CO2. The third kappa shape index (κ3) is 3.08. The fourth-order valence-electron chi connectivity index (χ4n) is 2.28. The number of carbonyl (C=O) groups excluding carboxylic acids is 2. The van der Waals surface area contributed by atoms with Crippen molar-refractivity contribution in [3.05, 3.63) is 42.2 Å². The van der Waals surface area contributed by atoms with E-state index in [-0.39, 0.29) is 31.0 Å². The Labute approximate surface area is 127 Å². The topological polar surface area (TPSA) is 85.3 Å². The molecule has 2 N–H and O–H groups in total. The highest BCUT2D eigenvalue weighted by atomic mass is 16.5. The van der Waals surface area contributed by atoms with Gasteiger partial charge in [-0.1, -0.05) is 6.07 Å². The predicted molar refractivity (Wildman–Crippen MR) is 79.4 cm³/mol. The van der Waals surface area contributed by atoms with E-state index < -0.39 is 0 Å².